The molecule has 0 spiro atoms. The number of nitrogens with zero attached hydrogens (tertiary/aromatic N) is 1. The summed E-state index contributed by atoms with van der Waals surface area (Å²) in [6.07, 6.45) is 0. The zero-order valence-electron chi connectivity index (χ0n) is 18.4. The van der Waals surface area contributed by atoms with Crippen molar-refractivity contribution in [2.75, 3.05) is 7.11 Å². The van der Waals surface area contributed by atoms with Gasteiger partial charge in [-0.3, -0.25) is 19.7 Å². The Morgan fingerprint density at radius 1 is 1.06 bits per heavy atom. The first-order chi connectivity index (χ1) is 15.7. The first kappa shape index (κ1) is 24.0. The lowest BCUT2D eigenvalue weighted by molar-refractivity contribution is -0.384. The van der Waals surface area contributed by atoms with Crippen LogP contribution in [0.3, 0.4) is 0 Å². The van der Waals surface area contributed by atoms with E-state index in [2.05, 4.69) is 10.6 Å². The molecule has 1 atom stereocenters. The molecule has 172 valence electrons. The van der Waals surface area contributed by atoms with Crippen LogP contribution >= 0.6 is 11.6 Å². The minimum absolute atomic E-state index is 0.0580. The topological polar surface area (TPSA) is 111 Å². The Labute approximate surface area is 196 Å². The van der Waals surface area contributed by atoms with Gasteiger partial charge in [-0.05, 0) is 46.5 Å². The van der Waals surface area contributed by atoms with Crippen LogP contribution < -0.4 is 15.4 Å². The van der Waals surface area contributed by atoms with E-state index in [4.69, 9.17) is 16.3 Å². The molecule has 8 nitrogen and oxygen atoms in total. The van der Waals surface area contributed by atoms with Crippen LogP contribution in [0.5, 0.6) is 5.75 Å². The number of rotatable bonds is 8. The van der Waals surface area contributed by atoms with Crippen molar-refractivity contribution in [1.82, 2.24) is 10.6 Å². The Bertz CT molecular complexity index is 1210. The van der Waals surface area contributed by atoms with Crippen LogP contribution in [-0.4, -0.2) is 29.9 Å². The van der Waals surface area contributed by atoms with Crippen LogP contribution in [0.4, 0.5) is 5.69 Å². The van der Waals surface area contributed by atoms with Crippen LogP contribution in [0.2, 0.25) is 5.02 Å². The Balaban J connectivity index is 1.68. The summed E-state index contributed by atoms with van der Waals surface area (Å²) >= 11 is 6.05. The van der Waals surface area contributed by atoms with Gasteiger partial charge in [0.1, 0.15) is 11.8 Å². The fourth-order valence-corrected chi connectivity index (χ4v) is 3.63. The molecular weight excluding hydrogens is 446 g/mol. The lowest BCUT2D eigenvalue weighted by atomic mass is 10.0. The van der Waals surface area contributed by atoms with Crippen LogP contribution in [0.25, 0.3) is 10.8 Å². The summed E-state index contributed by atoms with van der Waals surface area (Å²) in [5, 5.41) is 18.4. The van der Waals surface area contributed by atoms with Crippen LogP contribution in [0.15, 0.2) is 54.6 Å². The number of halogens is 1. The molecule has 0 aromatic heterocycles. The summed E-state index contributed by atoms with van der Waals surface area (Å²) in [6, 6.07) is 14.4. The van der Waals surface area contributed by atoms with Gasteiger partial charge in [-0.1, -0.05) is 43.6 Å². The predicted molar refractivity (Wildman–Crippen MR) is 127 cm³/mol. The molecule has 3 rings (SSSR count). The number of benzene rings is 3. The van der Waals surface area contributed by atoms with Gasteiger partial charge >= 0.3 is 0 Å². The molecule has 0 radical (unpaired) electrons. The third kappa shape index (κ3) is 5.78. The summed E-state index contributed by atoms with van der Waals surface area (Å²) in [5.41, 5.74) is 0.752. The smallest absolute Gasteiger partial charge is 0.270 e. The number of nitro groups is 1. The maximum atomic E-state index is 12.8. The normalized spacial score (nSPS) is 11.8. The second-order valence-electron chi connectivity index (χ2n) is 7.88. The molecule has 0 aliphatic heterocycles. The Morgan fingerprint density at radius 3 is 2.39 bits per heavy atom. The van der Waals surface area contributed by atoms with E-state index < -0.39 is 16.9 Å². The molecule has 0 aliphatic carbocycles. The van der Waals surface area contributed by atoms with E-state index in [1.807, 2.05) is 50.2 Å². The van der Waals surface area contributed by atoms with Gasteiger partial charge in [-0.15, -0.1) is 0 Å². The van der Waals surface area contributed by atoms with Gasteiger partial charge in [0.05, 0.1) is 22.6 Å². The molecule has 3 aromatic rings. The van der Waals surface area contributed by atoms with E-state index in [1.165, 1.54) is 12.1 Å². The largest absolute Gasteiger partial charge is 0.497 e. The first-order valence-corrected chi connectivity index (χ1v) is 10.7. The van der Waals surface area contributed by atoms with Crippen LogP contribution in [0.1, 0.15) is 29.8 Å². The third-order valence-corrected chi connectivity index (χ3v) is 5.54. The standard InChI is InChI=1S/C24H24ClN3O5/c1-14(2)22(27-23(29)20-9-7-18(28(31)32)12-21(20)25)24(30)26-13-15-4-5-17-11-19(33-3)8-6-16(17)10-15/h4-12,14,22H,13H2,1-3H3,(H,26,30)(H,27,29). The Kier molecular flexibility index (Phi) is 7.50. The average molecular weight is 470 g/mol. The molecule has 0 fully saturated rings. The number of non-ortho nitro benzene ring substituents is 1. The molecule has 2 amide bonds. The van der Waals surface area contributed by atoms with Crippen LogP contribution in [-0.2, 0) is 11.3 Å². The van der Waals surface area contributed by atoms with Crippen molar-refractivity contribution >= 4 is 39.9 Å². The molecule has 0 aliphatic rings. The number of carbonyl (C=O) groups is 2. The van der Waals surface area contributed by atoms with Gasteiger partial charge in [0, 0.05) is 18.7 Å². The highest BCUT2D eigenvalue weighted by atomic mass is 35.5. The lowest BCUT2D eigenvalue weighted by Crippen LogP contribution is -2.49. The van der Waals surface area contributed by atoms with Gasteiger partial charge in [0.15, 0.2) is 0 Å². The number of nitro benzene ring substituents is 1. The monoisotopic (exact) mass is 469 g/mol. The molecule has 2 N–H and O–H groups in total. The van der Waals surface area contributed by atoms with Gasteiger partial charge < -0.3 is 15.4 Å². The lowest BCUT2D eigenvalue weighted by Gasteiger charge is -2.22. The van der Waals surface area contributed by atoms with E-state index in [0.29, 0.717) is 0 Å². The van der Waals surface area contributed by atoms with E-state index in [9.17, 15) is 19.7 Å². The van der Waals surface area contributed by atoms with Crippen molar-refractivity contribution in [1.29, 1.82) is 0 Å². The van der Waals surface area contributed by atoms with Crippen molar-refractivity contribution in [3.05, 3.63) is 80.9 Å². The van der Waals surface area contributed by atoms with Crippen molar-refractivity contribution in [3.8, 4) is 5.75 Å². The van der Waals surface area contributed by atoms with Gasteiger partial charge in [-0.25, -0.2) is 0 Å². The van der Waals surface area contributed by atoms with Crippen molar-refractivity contribution in [2.45, 2.75) is 26.4 Å². The Hall–Kier alpha value is -3.65. The number of ether oxygens (including phenoxy) is 1. The van der Waals surface area contributed by atoms with Crippen molar-refractivity contribution < 1.29 is 19.2 Å². The molecule has 3 aromatic carbocycles. The van der Waals surface area contributed by atoms with Crippen molar-refractivity contribution in [3.63, 3.8) is 0 Å². The summed E-state index contributed by atoms with van der Waals surface area (Å²) in [7, 11) is 1.62. The quantitative estimate of drug-likeness (QED) is 0.373. The number of hydrogen-bond acceptors (Lipinski definition) is 5. The summed E-state index contributed by atoms with van der Waals surface area (Å²) in [6.45, 7) is 3.91. The zero-order valence-corrected chi connectivity index (χ0v) is 19.2. The van der Waals surface area contributed by atoms with Crippen LogP contribution in [0, 0.1) is 16.0 Å². The average Bonchev–Trinajstić information content (AvgIpc) is 2.79. The summed E-state index contributed by atoms with van der Waals surface area (Å²) < 4.78 is 5.24. The highest BCUT2D eigenvalue weighted by molar-refractivity contribution is 6.34. The number of hydrogen-bond donors (Lipinski definition) is 2. The number of carbonyl (C=O) groups excluding carboxylic acids is 2. The molecule has 1 unspecified atom stereocenters. The fraction of sp³-hybridized carbons (Fsp3) is 0.250. The second-order valence-corrected chi connectivity index (χ2v) is 8.29. The fourth-order valence-electron chi connectivity index (χ4n) is 3.37. The van der Waals surface area contributed by atoms with E-state index >= 15 is 0 Å². The number of amides is 2. The van der Waals surface area contributed by atoms with Gasteiger partial charge in [0.25, 0.3) is 11.6 Å². The summed E-state index contributed by atoms with van der Waals surface area (Å²) in [4.78, 5) is 35.8. The number of nitrogens with one attached hydrogen (secondary N) is 2. The molecule has 0 saturated heterocycles. The molecule has 0 heterocycles. The number of fused-ring (bicyclic) bond motifs is 1. The molecule has 33 heavy (non-hydrogen) atoms. The summed E-state index contributed by atoms with van der Waals surface area (Å²) in [5.74, 6) is -0.350. The zero-order chi connectivity index (χ0) is 24.1. The van der Waals surface area contributed by atoms with E-state index in [1.54, 1.807) is 7.11 Å². The Morgan fingerprint density at radius 2 is 1.76 bits per heavy atom. The third-order valence-electron chi connectivity index (χ3n) is 5.22. The maximum absolute atomic E-state index is 12.8. The van der Waals surface area contributed by atoms with Crippen molar-refractivity contribution in [2.24, 2.45) is 5.92 Å². The second kappa shape index (κ2) is 10.3. The van der Waals surface area contributed by atoms with Gasteiger partial charge in [-0.2, -0.15) is 0 Å². The van der Waals surface area contributed by atoms with Gasteiger partial charge in [0.2, 0.25) is 5.91 Å². The molecular formula is C24H24ClN3O5. The first-order valence-electron chi connectivity index (χ1n) is 10.3. The minimum atomic E-state index is -0.812. The van der Waals surface area contributed by atoms with E-state index in [0.717, 1.165) is 28.2 Å². The predicted octanol–water partition coefficient (Wildman–Crippen LogP) is 4.48. The highest BCUT2D eigenvalue weighted by Gasteiger charge is 2.26. The molecule has 0 bridgehead atoms. The maximum Gasteiger partial charge on any atom is 0.270 e. The molecule has 9 heteroatoms. The van der Waals surface area contributed by atoms with E-state index in [-0.39, 0.29) is 34.6 Å². The minimum Gasteiger partial charge on any atom is -0.497 e. The highest BCUT2D eigenvalue weighted by Crippen LogP contribution is 2.23. The molecule has 0 saturated carbocycles. The SMILES string of the molecule is COc1ccc2cc(CNC(=O)C(NC(=O)c3ccc([N+](=O)[O-])cc3Cl)C(C)C)ccc2c1. The number of methoxy groups -OCH3 is 1.